The van der Waals surface area contributed by atoms with E-state index >= 15 is 0 Å². The van der Waals surface area contributed by atoms with E-state index in [0.29, 0.717) is 5.56 Å². The molecule has 0 amide bonds. The predicted octanol–water partition coefficient (Wildman–Crippen LogP) is 2.49. The average molecular weight is 193 g/mol. The molecule has 2 aromatic rings. The first-order chi connectivity index (χ1) is 6.68. The van der Waals surface area contributed by atoms with Crippen LogP contribution in [0.5, 0.6) is 5.75 Å². The molecule has 0 aliphatic heterocycles. The maximum atomic E-state index is 13.4. The topological polar surface area (TPSA) is 46.3 Å². The normalized spacial score (nSPS) is 10.4. The van der Waals surface area contributed by atoms with Crippen LogP contribution in [0.4, 0.5) is 4.39 Å². The number of benzene rings is 1. The molecule has 1 heterocycles. The highest BCUT2D eigenvalue weighted by molar-refractivity contribution is 5.66. The quantitative estimate of drug-likeness (QED) is 0.756. The van der Waals surface area contributed by atoms with Crippen LogP contribution in [0.15, 0.2) is 28.9 Å². The Balaban J connectivity index is 2.64. The molecule has 3 nitrogen and oxygen atoms in total. The van der Waals surface area contributed by atoms with Crippen molar-refractivity contribution in [3.05, 3.63) is 35.8 Å². The number of aromatic nitrogens is 1. The molecule has 0 atom stereocenters. The van der Waals surface area contributed by atoms with Crippen LogP contribution in [-0.2, 0) is 0 Å². The second kappa shape index (κ2) is 3.14. The summed E-state index contributed by atoms with van der Waals surface area (Å²) in [6.07, 6.45) is 1.40. The number of hydrogen-bond acceptors (Lipinski definition) is 3. The summed E-state index contributed by atoms with van der Waals surface area (Å²) in [4.78, 5) is 0. The van der Waals surface area contributed by atoms with Crippen molar-refractivity contribution in [2.75, 3.05) is 0 Å². The van der Waals surface area contributed by atoms with Crippen molar-refractivity contribution in [2.45, 2.75) is 6.92 Å². The number of aromatic hydroxyl groups is 1. The average Bonchev–Trinajstić information content (AvgIpc) is 2.54. The molecule has 1 aromatic carbocycles. The van der Waals surface area contributed by atoms with E-state index in [9.17, 15) is 9.50 Å². The Bertz CT molecular complexity index is 428. The fourth-order valence-corrected chi connectivity index (χ4v) is 1.31. The standard InChI is InChI=1S/C10H8FNO2/c1-6-4-7(11)10(8(13)5-6)9-2-3-12-14-9/h2-5,13H,1H3. The number of hydrogen-bond donors (Lipinski definition) is 1. The molecule has 14 heavy (non-hydrogen) atoms. The van der Waals surface area contributed by atoms with Gasteiger partial charge in [-0.25, -0.2) is 4.39 Å². The third-order valence-electron chi connectivity index (χ3n) is 1.90. The molecule has 2 rings (SSSR count). The van der Waals surface area contributed by atoms with Crippen LogP contribution in [0.25, 0.3) is 11.3 Å². The Labute approximate surface area is 79.8 Å². The van der Waals surface area contributed by atoms with Gasteiger partial charge in [-0.1, -0.05) is 5.16 Å². The summed E-state index contributed by atoms with van der Waals surface area (Å²) in [7, 11) is 0. The van der Waals surface area contributed by atoms with Gasteiger partial charge in [-0.15, -0.1) is 0 Å². The number of phenolic OH excluding ortho intramolecular Hbond substituents is 1. The Kier molecular flexibility index (Phi) is 1.96. The van der Waals surface area contributed by atoms with E-state index in [-0.39, 0.29) is 17.1 Å². The van der Waals surface area contributed by atoms with Gasteiger partial charge in [0, 0.05) is 6.07 Å². The van der Waals surface area contributed by atoms with E-state index in [0.717, 1.165) is 0 Å². The highest BCUT2D eigenvalue weighted by Gasteiger charge is 2.14. The largest absolute Gasteiger partial charge is 0.507 e. The molecule has 1 N–H and O–H groups in total. The molecule has 0 aliphatic carbocycles. The van der Waals surface area contributed by atoms with E-state index < -0.39 is 5.82 Å². The van der Waals surface area contributed by atoms with Crippen LogP contribution in [0.2, 0.25) is 0 Å². The molecule has 0 bridgehead atoms. The second-order valence-electron chi connectivity index (χ2n) is 3.02. The molecule has 0 fully saturated rings. The molecule has 0 radical (unpaired) electrons. The van der Waals surface area contributed by atoms with Gasteiger partial charge >= 0.3 is 0 Å². The summed E-state index contributed by atoms with van der Waals surface area (Å²) in [5.41, 5.74) is 0.705. The predicted molar refractivity (Wildman–Crippen MR) is 48.3 cm³/mol. The van der Waals surface area contributed by atoms with Gasteiger partial charge in [0.15, 0.2) is 5.76 Å². The van der Waals surface area contributed by atoms with Gasteiger partial charge < -0.3 is 9.63 Å². The van der Waals surface area contributed by atoms with Crippen LogP contribution in [0.3, 0.4) is 0 Å². The Hall–Kier alpha value is -1.84. The third-order valence-corrected chi connectivity index (χ3v) is 1.90. The molecular formula is C10H8FNO2. The molecule has 72 valence electrons. The number of aryl methyl sites for hydroxylation is 1. The highest BCUT2D eigenvalue weighted by atomic mass is 19.1. The van der Waals surface area contributed by atoms with Gasteiger partial charge in [0.2, 0.25) is 0 Å². The van der Waals surface area contributed by atoms with E-state index in [1.54, 1.807) is 6.92 Å². The summed E-state index contributed by atoms with van der Waals surface area (Å²) in [5, 5.41) is 13.0. The Morgan fingerprint density at radius 2 is 2.21 bits per heavy atom. The molecule has 0 saturated carbocycles. The zero-order valence-corrected chi connectivity index (χ0v) is 7.49. The monoisotopic (exact) mass is 193 g/mol. The van der Waals surface area contributed by atoms with Crippen molar-refractivity contribution in [3.63, 3.8) is 0 Å². The van der Waals surface area contributed by atoms with E-state index in [1.165, 1.54) is 24.4 Å². The van der Waals surface area contributed by atoms with Crippen molar-refractivity contribution in [3.8, 4) is 17.1 Å². The van der Waals surface area contributed by atoms with Crippen LogP contribution in [0, 0.1) is 12.7 Å². The van der Waals surface area contributed by atoms with Gasteiger partial charge in [0.1, 0.15) is 11.6 Å². The van der Waals surface area contributed by atoms with E-state index in [1.807, 2.05) is 0 Å². The van der Waals surface area contributed by atoms with Crippen molar-refractivity contribution >= 4 is 0 Å². The molecule has 0 saturated heterocycles. The number of halogens is 1. The zero-order chi connectivity index (χ0) is 10.1. The molecule has 4 heteroatoms. The van der Waals surface area contributed by atoms with Gasteiger partial charge in [-0.3, -0.25) is 0 Å². The summed E-state index contributed by atoms with van der Waals surface area (Å²) in [5.74, 6) is -0.432. The van der Waals surface area contributed by atoms with Crippen LogP contribution in [0.1, 0.15) is 5.56 Å². The first kappa shape index (κ1) is 8.74. The SMILES string of the molecule is Cc1cc(O)c(-c2ccno2)c(F)c1. The summed E-state index contributed by atoms with van der Waals surface area (Å²) < 4.78 is 18.2. The molecule has 0 unspecified atom stereocenters. The van der Waals surface area contributed by atoms with Crippen molar-refractivity contribution in [1.29, 1.82) is 0 Å². The first-order valence-corrected chi connectivity index (χ1v) is 4.08. The van der Waals surface area contributed by atoms with Crippen LogP contribution < -0.4 is 0 Å². The van der Waals surface area contributed by atoms with Gasteiger partial charge in [0.25, 0.3) is 0 Å². The minimum absolute atomic E-state index is 0.0492. The van der Waals surface area contributed by atoms with E-state index in [2.05, 4.69) is 5.16 Å². The summed E-state index contributed by atoms with van der Waals surface area (Å²) >= 11 is 0. The minimum atomic E-state index is -0.515. The lowest BCUT2D eigenvalue weighted by molar-refractivity contribution is 0.422. The fourth-order valence-electron chi connectivity index (χ4n) is 1.31. The van der Waals surface area contributed by atoms with Crippen molar-refractivity contribution in [1.82, 2.24) is 5.16 Å². The number of nitrogens with zero attached hydrogens (tertiary/aromatic N) is 1. The summed E-state index contributed by atoms with van der Waals surface area (Å²) in [6.45, 7) is 1.70. The maximum absolute atomic E-state index is 13.4. The fraction of sp³-hybridized carbons (Fsp3) is 0.100. The minimum Gasteiger partial charge on any atom is -0.507 e. The lowest BCUT2D eigenvalue weighted by atomic mass is 10.1. The van der Waals surface area contributed by atoms with Crippen molar-refractivity contribution in [2.24, 2.45) is 0 Å². The van der Waals surface area contributed by atoms with Crippen molar-refractivity contribution < 1.29 is 14.0 Å². The van der Waals surface area contributed by atoms with Gasteiger partial charge in [0.05, 0.1) is 11.8 Å². The lowest BCUT2D eigenvalue weighted by Crippen LogP contribution is -1.85. The zero-order valence-electron chi connectivity index (χ0n) is 7.49. The Morgan fingerprint density at radius 1 is 1.43 bits per heavy atom. The third kappa shape index (κ3) is 1.35. The van der Waals surface area contributed by atoms with Crippen LogP contribution in [-0.4, -0.2) is 10.3 Å². The molecular weight excluding hydrogens is 185 g/mol. The maximum Gasteiger partial charge on any atom is 0.173 e. The molecule has 0 aliphatic rings. The molecule has 0 spiro atoms. The van der Waals surface area contributed by atoms with Gasteiger partial charge in [-0.2, -0.15) is 0 Å². The smallest absolute Gasteiger partial charge is 0.173 e. The van der Waals surface area contributed by atoms with E-state index in [4.69, 9.17) is 4.52 Å². The summed E-state index contributed by atoms with van der Waals surface area (Å²) in [6, 6.07) is 4.30. The lowest BCUT2D eigenvalue weighted by Gasteiger charge is -2.03. The number of rotatable bonds is 1. The second-order valence-corrected chi connectivity index (χ2v) is 3.02. The highest BCUT2D eigenvalue weighted by Crippen LogP contribution is 2.32. The first-order valence-electron chi connectivity index (χ1n) is 4.08. The molecule has 1 aromatic heterocycles. The van der Waals surface area contributed by atoms with Gasteiger partial charge in [-0.05, 0) is 24.6 Å². The Morgan fingerprint density at radius 3 is 2.79 bits per heavy atom. The number of phenols is 1. The van der Waals surface area contributed by atoms with Crippen LogP contribution >= 0.6 is 0 Å².